The fourth-order valence-electron chi connectivity index (χ4n) is 4.42. The summed E-state index contributed by atoms with van der Waals surface area (Å²) < 4.78 is 10.8. The molecule has 142 valence electrons. The molecule has 1 fully saturated rings. The summed E-state index contributed by atoms with van der Waals surface area (Å²) in [5, 5.41) is 0. The molecule has 0 bridgehead atoms. The van der Waals surface area contributed by atoms with Crippen LogP contribution in [0.4, 0.5) is 4.79 Å². The number of Topliss-reactive ketones (excluding diaryl/α,β-unsaturated/α-hetero) is 1. The zero-order valence-corrected chi connectivity index (χ0v) is 15.3. The Hall–Kier alpha value is -2.63. The molecule has 1 aliphatic carbocycles. The predicted octanol–water partition coefficient (Wildman–Crippen LogP) is 3.39. The highest BCUT2D eigenvalue weighted by molar-refractivity contribution is 6.14. The highest BCUT2D eigenvalue weighted by Crippen LogP contribution is 2.44. The normalized spacial score (nSPS) is 27.4. The molecule has 6 heteroatoms. The van der Waals surface area contributed by atoms with E-state index in [0.717, 1.165) is 41.7 Å². The van der Waals surface area contributed by atoms with Crippen molar-refractivity contribution in [2.24, 2.45) is 11.8 Å². The number of benzene rings is 1. The van der Waals surface area contributed by atoms with Gasteiger partial charge < -0.3 is 9.47 Å². The minimum atomic E-state index is -0.884. The van der Waals surface area contributed by atoms with E-state index in [-0.39, 0.29) is 18.3 Å². The van der Waals surface area contributed by atoms with E-state index in [1.807, 2.05) is 37.3 Å². The number of nitrogens with zero attached hydrogens (tertiary/aromatic N) is 1. The van der Waals surface area contributed by atoms with Crippen LogP contribution in [-0.4, -0.2) is 35.9 Å². The molecule has 1 aromatic carbocycles. The van der Waals surface area contributed by atoms with Crippen LogP contribution in [-0.2, 0) is 19.1 Å². The molecule has 2 amide bonds. The Morgan fingerprint density at radius 3 is 2.70 bits per heavy atom. The summed E-state index contributed by atoms with van der Waals surface area (Å²) in [7, 11) is 0. The number of cyclic esters (lactones) is 1. The molecule has 4 rings (SSSR count). The van der Waals surface area contributed by atoms with Crippen LogP contribution in [0, 0.1) is 11.8 Å². The molecule has 1 saturated heterocycles. The predicted molar refractivity (Wildman–Crippen MR) is 96.5 cm³/mol. The van der Waals surface area contributed by atoms with Gasteiger partial charge in [0.05, 0.1) is 6.61 Å². The van der Waals surface area contributed by atoms with E-state index in [1.165, 1.54) is 0 Å². The summed E-state index contributed by atoms with van der Waals surface area (Å²) in [6, 6.07) is 8.81. The van der Waals surface area contributed by atoms with Gasteiger partial charge in [-0.05, 0) is 30.4 Å². The van der Waals surface area contributed by atoms with Crippen LogP contribution in [0.2, 0.25) is 0 Å². The zero-order chi connectivity index (χ0) is 19.0. The molecule has 0 radical (unpaired) electrons. The molecular weight excluding hydrogens is 346 g/mol. The number of carbonyl (C=O) groups excluding carboxylic acids is 3. The smallest absolute Gasteiger partial charge is 0.417 e. The van der Waals surface area contributed by atoms with Crippen LogP contribution < -0.4 is 0 Å². The lowest BCUT2D eigenvalue weighted by atomic mass is 9.84. The molecule has 1 aromatic rings. The molecule has 2 heterocycles. The van der Waals surface area contributed by atoms with Crippen LogP contribution in [0.5, 0.6) is 0 Å². The number of rotatable bonds is 4. The second kappa shape index (κ2) is 7.18. The van der Waals surface area contributed by atoms with Crippen molar-refractivity contribution in [3.05, 3.63) is 47.2 Å². The van der Waals surface area contributed by atoms with Gasteiger partial charge >= 0.3 is 6.09 Å². The number of amides is 2. The number of allylic oxidation sites excluding steroid dienone is 2. The van der Waals surface area contributed by atoms with E-state index < -0.39 is 24.0 Å². The molecule has 27 heavy (non-hydrogen) atoms. The fourth-order valence-corrected chi connectivity index (χ4v) is 4.42. The molecule has 2 aliphatic heterocycles. The Balaban J connectivity index is 1.66. The molecule has 3 atom stereocenters. The summed E-state index contributed by atoms with van der Waals surface area (Å²) in [5.41, 5.74) is 1.78. The number of hydrogen-bond acceptors (Lipinski definition) is 5. The highest BCUT2D eigenvalue weighted by Gasteiger charge is 2.52. The van der Waals surface area contributed by atoms with Crippen molar-refractivity contribution < 1.29 is 23.9 Å². The minimum Gasteiger partial charge on any atom is -0.490 e. The molecule has 0 spiro atoms. The Kier molecular flexibility index (Phi) is 4.72. The molecule has 0 saturated carbocycles. The van der Waals surface area contributed by atoms with Crippen LogP contribution in [0.1, 0.15) is 44.2 Å². The van der Waals surface area contributed by atoms with Gasteiger partial charge in [0, 0.05) is 5.92 Å². The number of carbonyl (C=O) groups is 3. The maximum atomic E-state index is 13.4. The van der Waals surface area contributed by atoms with Gasteiger partial charge in [0.1, 0.15) is 18.6 Å². The summed E-state index contributed by atoms with van der Waals surface area (Å²) >= 11 is 0. The lowest BCUT2D eigenvalue weighted by Gasteiger charge is -2.26. The average molecular weight is 369 g/mol. The van der Waals surface area contributed by atoms with Gasteiger partial charge in [0.25, 0.3) is 0 Å². The number of imide groups is 1. The van der Waals surface area contributed by atoms with Gasteiger partial charge in [0.2, 0.25) is 11.7 Å². The van der Waals surface area contributed by atoms with Crippen molar-refractivity contribution in [3.63, 3.8) is 0 Å². The maximum absolute atomic E-state index is 13.4. The Bertz CT molecular complexity index is 800. The quantitative estimate of drug-likeness (QED) is 0.761. The highest BCUT2D eigenvalue weighted by atomic mass is 16.6. The van der Waals surface area contributed by atoms with Crippen molar-refractivity contribution in [2.75, 3.05) is 13.2 Å². The summed E-state index contributed by atoms with van der Waals surface area (Å²) in [6.45, 7) is 2.64. The van der Waals surface area contributed by atoms with Gasteiger partial charge in [-0.25, -0.2) is 9.69 Å². The second-order valence-electron chi connectivity index (χ2n) is 7.26. The lowest BCUT2D eigenvalue weighted by Crippen LogP contribution is -2.43. The molecule has 3 aliphatic rings. The van der Waals surface area contributed by atoms with Crippen molar-refractivity contribution >= 4 is 17.8 Å². The van der Waals surface area contributed by atoms with Gasteiger partial charge in [-0.2, -0.15) is 0 Å². The summed E-state index contributed by atoms with van der Waals surface area (Å²) in [5.74, 6) is -1.45. The summed E-state index contributed by atoms with van der Waals surface area (Å²) in [6.07, 6.45) is 2.53. The first-order chi connectivity index (χ1) is 13.1. The van der Waals surface area contributed by atoms with E-state index in [4.69, 9.17) is 9.47 Å². The van der Waals surface area contributed by atoms with Crippen LogP contribution in [0.15, 0.2) is 41.7 Å². The third-order valence-corrected chi connectivity index (χ3v) is 5.65. The van der Waals surface area contributed by atoms with Gasteiger partial charge in [-0.1, -0.05) is 43.7 Å². The number of ether oxygens (including phenoxy) is 2. The monoisotopic (exact) mass is 369 g/mol. The topological polar surface area (TPSA) is 72.9 Å². The molecule has 6 nitrogen and oxygen atoms in total. The van der Waals surface area contributed by atoms with E-state index in [1.54, 1.807) is 0 Å². The molecule has 0 unspecified atom stereocenters. The first-order valence-corrected chi connectivity index (χ1v) is 9.58. The minimum absolute atomic E-state index is 0.109. The van der Waals surface area contributed by atoms with E-state index in [0.29, 0.717) is 12.4 Å². The van der Waals surface area contributed by atoms with Gasteiger partial charge in [-0.3, -0.25) is 9.59 Å². The van der Waals surface area contributed by atoms with E-state index >= 15 is 0 Å². The maximum Gasteiger partial charge on any atom is 0.417 e. The van der Waals surface area contributed by atoms with Gasteiger partial charge in [-0.15, -0.1) is 0 Å². The Morgan fingerprint density at radius 1 is 1.19 bits per heavy atom. The number of ketones is 1. The van der Waals surface area contributed by atoms with E-state index in [9.17, 15) is 14.4 Å². The van der Waals surface area contributed by atoms with Crippen LogP contribution >= 0.6 is 0 Å². The molecular formula is C21H23NO5. The standard InChI is InChI=1S/C21H23NO5/c1-2-7-14-15-10-6-11-26-19(15)18(23)17(14)20(24)22-16(12-27-21(22)25)13-8-4-3-5-9-13/h3-5,8-9,14,16-17H,2,6-7,10-12H2,1H3/t14-,16+,17+/m0/s1. The second-order valence-corrected chi connectivity index (χ2v) is 7.26. The molecule has 0 aromatic heterocycles. The van der Waals surface area contributed by atoms with Gasteiger partial charge in [0.15, 0.2) is 5.76 Å². The molecule has 0 N–H and O–H groups in total. The van der Waals surface area contributed by atoms with Crippen molar-refractivity contribution in [3.8, 4) is 0 Å². The van der Waals surface area contributed by atoms with Crippen molar-refractivity contribution in [1.29, 1.82) is 0 Å². The average Bonchev–Trinajstić information content (AvgIpc) is 3.21. The SMILES string of the molecule is CCC[C@H]1C2=C(OCCC2)C(=O)[C@@H]1C(=O)N1C(=O)OC[C@@H]1c1ccccc1. The first-order valence-electron chi connectivity index (χ1n) is 9.58. The largest absolute Gasteiger partial charge is 0.490 e. The third kappa shape index (κ3) is 2.93. The zero-order valence-electron chi connectivity index (χ0n) is 15.3. The Labute approximate surface area is 158 Å². The number of hydrogen-bond donors (Lipinski definition) is 0. The van der Waals surface area contributed by atoms with Crippen LogP contribution in [0.3, 0.4) is 0 Å². The van der Waals surface area contributed by atoms with Crippen LogP contribution in [0.25, 0.3) is 0 Å². The van der Waals surface area contributed by atoms with Crippen molar-refractivity contribution in [1.82, 2.24) is 4.90 Å². The van der Waals surface area contributed by atoms with Crippen molar-refractivity contribution in [2.45, 2.75) is 38.6 Å². The lowest BCUT2D eigenvalue weighted by molar-refractivity contribution is -0.140. The first kappa shape index (κ1) is 17.8. The van der Waals surface area contributed by atoms with E-state index in [2.05, 4.69) is 0 Å². The fraction of sp³-hybridized carbons (Fsp3) is 0.476. The summed E-state index contributed by atoms with van der Waals surface area (Å²) in [4.78, 5) is 39.9. The Morgan fingerprint density at radius 2 is 1.96 bits per heavy atom. The third-order valence-electron chi connectivity index (χ3n) is 5.65.